The first-order valence-electron chi connectivity index (χ1n) is 14.0. The number of hydrogen-bond donors (Lipinski definition) is 0. The Morgan fingerprint density at radius 3 is 2.42 bits per heavy atom. The number of nitrogens with zero attached hydrogens (tertiary/aromatic N) is 3. The molecule has 5 heteroatoms. The number of ether oxygens (including phenoxy) is 1. The van der Waals surface area contributed by atoms with Crippen LogP contribution in [0, 0.1) is 11.8 Å². The normalized spacial score (nSPS) is 18.8. The van der Waals surface area contributed by atoms with Gasteiger partial charge in [0.15, 0.2) is 0 Å². The van der Waals surface area contributed by atoms with Crippen LogP contribution in [0.1, 0.15) is 84.6 Å². The SMILES string of the molecule is CC1CCC1.CCCC1(CCC(C)C)CCc2cc(N(C)CCN(C=O)c3ccncc3)ccc2O1. The fraction of sp³-hybridized carbons (Fsp3) is 0.613. The zero-order chi connectivity index (χ0) is 26.0. The van der Waals surface area contributed by atoms with E-state index in [0.29, 0.717) is 12.5 Å². The number of aromatic nitrogens is 1. The predicted octanol–water partition coefficient (Wildman–Crippen LogP) is 7.29. The quantitative estimate of drug-likeness (QED) is 0.308. The summed E-state index contributed by atoms with van der Waals surface area (Å²) in [4.78, 5) is 19.5. The molecule has 4 rings (SSSR count). The first-order valence-corrected chi connectivity index (χ1v) is 14.0. The Bertz CT molecular complexity index is 929. The molecule has 5 nitrogen and oxygen atoms in total. The van der Waals surface area contributed by atoms with E-state index in [0.717, 1.165) is 68.1 Å². The molecule has 1 fully saturated rings. The highest BCUT2D eigenvalue weighted by Gasteiger charge is 2.35. The molecular weight excluding hydrogens is 446 g/mol. The number of pyridine rings is 1. The minimum absolute atomic E-state index is 0.00551. The number of hydrogen-bond acceptors (Lipinski definition) is 4. The van der Waals surface area contributed by atoms with Gasteiger partial charge in [-0.25, -0.2) is 0 Å². The summed E-state index contributed by atoms with van der Waals surface area (Å²) in [6.45, 7) is 10.5. The molecule has 0 spiro atoms. The maximum atomic E-state index is 11.5. The number of likely N-dealkylation sites (N-methyl/N-ethyl adjacent to an activating group) is 1. The van der Waals surface area contributed by atoms with Crippen LogP contribution in [0.4, 0.5) is 11.4 Å². The molecule has 1 atom stereocenters. The fourth-order valence-corrected chi connectivity index (χ4v) is 5.01. The van der Waals surface area contributed by atoms with Gasteiger partial charge in [0.05, 0.1) is 0 Å². The van der Waals surface area contributed by atoms with Crippen LogP contribution in [-0.4, -0.2) is 37.1 Å². The topological polar surface area (TPSA) is 45.7 Å². The Kier molecular flexibility index (Phi) is 10.6. The smallest absolute Gasteiger partial charge is 0.214 e. The van der Waals surface area contributed by atoms with Crippen molar-refractivity contribution in [3.63, 3.8) is 0 Å². The maximum Gasteiger partial charge on any atom is 0.214 e. The summed E-state index contributed by atoms with van der Waals surface area (Å²) in [5.41, 5.74) is 3.31. The van der Waals surface area contributed by atoms with Gasteiger partial charge in [0.1, 0.15) is 11.4 Å². The average molecular weight is 494 g/mol. The molecule has 1 aromatic heterocycles. The second-order valence-electron chi connectivity index (χ2n) is 11.2. The molecule has 0 saturated heterocycles. The van der Waals surface area contributed by atoms with Crippen LogP contribution in [0.15, 0.2) is 42.7 Å². The summed E-state index contributed by atoms with van der Waals surface area (Å²) < 4.78 is 6.64. The van der Waals surface area contributed by atoms with Gasteiger partial charge in [0.25, 0.3) is 0 Å². The summed E-state index contributed by atoms with van der Waals surface area (Å²) in [6, 6.07) is 10.2. The molecule has 1 aliphatic heterocycles. The van der Waals surface area contributed by atoms with Crippen molar-refractivity contribution < 1.29 is 9.53 Å². The van der Waals surface area contributed by atoms with Crippen LogP contribution in [0.25, 0.3) is 0 Å². The van der Waals surface area contributed by atoms with Gasteiger partial charge in [-0.1, -0.05) is 53.4 Å². The highest BCUT2D eigenvalue weighted by molar-refractivity contribution is 5.74. The lowest BCUT2D eigenvalue weighted by Crippen LogP contribution is -2.40. The molecular formula is C31H47N3O2. The van der Waals surface area contributed by atoms with E-state index in [-0.39, 0.29) is 5.60 Å². The molecule has 0 N–H and O–H groups in total. The zero-order valence-corrected chi connectivity index (χ0v) is 23.2. The first-order chi connectivity index (χ1) is 17.4. The molecule has 1 amide bonds. The van der Waals surface area contributed by atoms with Crippen molar-refractivity contribution in [1.82, 2.24) is 4.98 Å². The fourth-order valence-electron chi connectivity index (χ4n) is 5.01. The monoisotopic (exact) mass is 493 g/mol. The summed E-state index contributed by atoms with van der Waals surface area (Å²) >= 11 is 0. The number of benzene rings is 1. The van der Waals surface area contributed by atoms with Crippen LogP contribution < -0.4 is 14.5 Å². The second-order valence-corrected chi connectivity index (χ2v) is 11.2. The number of fused-ring (bicyclic) bond motifs is 1. The highest BCUT2D eigenvalue weighted by atomic mass is 16.5. The lowest BCUT2D eigenvalue weighted by atomic mass is 9.82. The van der Waals surface area contributed by atoms with E-state index in [4.69, 9.17) is 4.74 Å². The van der Waals surface area contributed by atoms with E-state index in [1.54, 1.807) is 17.3 Å². The Hall–Kier alpha value is -2.56. The van der Waals surface area contributed by atoms with Gasteiger partial charge in [-0.2, -0.15) is 0 Å². The van der Waals surface area contributed by atoms with Gasteiger partial charge in [-0.05, 0) is 79.8 Å². The van der Waals surface area contributed by atoms with Gasteiger partial charge in [-0.15, -0.1) is 0 Å². The molecule has 1 aromatic carbocycles. The molecule has 1 saturated carbocycles. The molecule has 2 aromatic rings. The molecule has 198 valence electrons. The lowest BCUT2D eigenvalue weighted by molar-refractivity contribution is -0.107. The third kappa shape index (κ3) is 7.97. The van der Waals surface area contributed by atoms with Crippen molar-refractivity contribution in [2.45, 2.75) is 91.1 Å². The summed E-state index contributed by atoms with van der Waals surface area (Å²) in [5.74, 6) is 2.81. The molecule has 2 aliphatic rings. The molecule has 1 unspecified atom stereocenters. The minimum atomic E-state index is -0.00551. The van der Waals surface area contributed by atoms with Gasteiger partial charge >= 0.3 is 0 Å². The van der Waals surface area contributed by atoms with E-state index in [9.17, 15) is 4.79 Å². The Balaban J connectivity index is 0.000000642. The van der Waals surface area contributed by atoms with Crippen LogP contribution in [0.2, 0.25) is 0 Å². The van der Waals surface area contributed by atoms with E-state index in [2.05, 4.69) is 62.8 Å². The van der Waals surface area contributed by atoms with Gasteiger partial charge in [-0.3, -0.25) is 9.78 Å². The van der Waals surface area contributed by atoms with E-state index in [1.807, 2.05) is 12.1 Å². The van der Waals surface area contributed by atoms with Gasteiger partial charge in [0.2, 0.25) is 6.41 Å². The third-order valence-corrected chi connectivity index (χ3v) is 7.74. The van der Waals surface area contributed by atoms with E-state index < -0.39 is 0 Å². The standard InChI is InChI=1S/C26H37N3O2.C5H10/c1-5-12-26(13-8-21(2)3)14-9-22-19-24(6-7-25(22)31-26)28(4)17-18-29(20-30)23-10-15-27-16-11-23;1-5-3-2-4-5/h6-7,10-11,15-16,19-21H,5,8-9,12-14,17-18H2,1-4H3;5H,2-4H2,1H3. The third-order valence-electron chi connectivity index (χ3n) is 7.74. The number of anilines is 2. The van der Waals surface area contributed by atoms with Gasteiger partial charge < -0.3 is 14.5 Å². The van der Waals surface area contributed by atoms with Crippen molar-refractivity contribution in [3.05, 3.63) is 48.3 Å². The Morgan fingerprint density at radius 1 is 1.11 bits per heavy atom. The Morgan fingerprint density at radius 2 is 1.83 bits per heavy atom. The average Bonchev–Trinajstić information content (AvgIpc) is 2.87. The number of carbonyl (C=O) groups excluding carboxylic acids is 1. The molecule has 1 aliphatic carbocycles. The van der Waals surface area contributed by atoms with Crippen molar-refractivity contribution in [2.24, 2.45) is 11.8 Å². The highest BCUT2D eigenvalue weighted by Crippen LogP contribution is 2.40. The lowest BCUT2D eigenvalue weighted by Gasteiger charge is -2.40. The predicted molar refractivity (Wildman–Crippen MR) is 151 cm³/mol. The Labute approximate surface area is 219 Å². The summed E-state index contributed by atoms with van der Waals surface area (Å²) in [6.07, 6.45) is 15.5. The van der Waals surface area contributed by atoms with Crippen molar-refractivity contribution in [1.29, 1.82) is 0 Å². The van der Waals surface area contributed by atoms with Crippen molar-refractivity contribution in [2.75, 3.05) is 29.9 Å². The number of aryl methyl sites for hydroxylation is 1. The summed E-state index contributed by atoms with van der Waals surface area (Å²) in [5, 5.41) is 0. The second kappa shape index (κ2) is 13.7. The molecule has 2 heterocycles. The molecule has 0 bridgehead atoms. The van der Waals surface area contributed by atoms with Crippen LogP contribution in [-0.2, 0) is 11.2 Å². The maximum absolute atomic E-state index is 11.5. The number of carbonyl (C=O) groups is 1. The summed E-state index contributed by atoms with van der Waals surface area (Å²) in [7, 11) is 2.07. The van der Waals surface area contributed by atoms with Crippen LogP contribution >= 0.6 is 0 Å². The molecule has 0 radical (unpaired) electrons. The first kappa shape index (κ1) is 28.0. The largest absolute Gasteiger partial charge is 0.487 e. The van der Waals surface area contributed by atoms with E-state index >= 15 is 0 Å². The minimum Gasteiger partial charge on any atom is -0.487 e. The van der Waals surface area contributed by atoms with E-state index in [1.165, 1.54) is 31.2 Å². The van der Waals surface area contributed by atoms with Crippen LogP contribution in [0.5, 0.6) is 5.75 Å². The zero-order valence-electron chi connectivity index (χ0n) is 23.2. The number of amides is 1. The van der Waals surface area contributed by atoms with Crippen LogP contribution in [0.3, 0.4) is 0 Å². The van der Waals surface area contributed by atoms with Crippen molar-refractivity contribution >= 4 is 17.8 Å². The van der Waals surface area contributed by atoms with Crippen molar-refractivity contribution in [3.8, 4) is 5.75 Å². The number of rotatable bonds is 11. The van der Waals surface area contributed by atoms with Gasteiger partial charge in [0, 0.05) is 43.9 Å². The molecule has 36 heavy (non-hydrogen) atoms.